The normalized spacial score (nSPS) is 9.58. The highest BCUT2D eigenvalue weighted by molar-refractivity contribution is 6.30. The first-order chi connectivity index (χ1) is 12.6. The molecule has 0 atom stereocenters. The number of halogens is 1. The quantitative estimate of drug-likeness (QED) is 0.680. The second-order valence-corrected chi connectivity index (χ2v) is 5.60. The van der Waals surface area contributed by atoms with Crippen molar-refractivity contribution in [1.29, 1.82) is 0 Å². The van der Waals surface area contributed by atoms with Crippen molar-refractivity contribution in [2.24, 2.45) is 5.73 Å². The van der Waals surface area contributed by atoms with E-state index in [0.29, 0.717) is 22.9 Å². The molecule has 3 amide bonds. The Morgan fingerprint density at radius 1 is 1.04 bits per heavy atom. The van der Waals surface area contributed by atoms with Crippen molar-refractivity contribution >= 4 is 23.5 Å². The van der Waals surface area contributed by atoms with Crippen LogP contribution in [-0.2, 0) is 6.54 Å². The van der Waals surface area contributed by atoms with E-state index in [1.807, 2.05) is 12.1 Å². The van der Waals surface area contributed by atoms with Gasteiger partial charge in [0.25, 0.3) is 5.91 Å². The molecule has 0 spiro atoms. The first-order valence-corrected chi connectivity index (χ1v) is 8.17. The highest BCUT2D eigenvalue weighted by Crippen LogP contribution is 2.16. The topological polar surface area (TPSA) is 93.5 Å². The lowest BCUT2D eigenvalue weighted by atomic mass is 10.2. The van der Waals surface area contributed by atoms with Crippen molar-refractivity contribution in [2.45, 2.75) is 6.54 Å². The predicted octanol–water partition coefficient (Wildman–Crippen LogP) is 2.32. The Morgan fingerprint density at radius 3 is 2.50 bits per heavy atom. The van der Waals surface area contributed by atoms with Gasteiger partial charge in [0.1, 0.15) is 12.4 Å². The Balaban J connectivity index is 1.68. The summed E-state index contributed by atoms with van der Waals surface area (Å²) in [6.45, 7) is 0.648. The van der Waals surface area contributed by atoms with Crippen molar-refractivity contribution in [3.63, 3.8) is 0 Å². The summed E-state index contributed by atoms with van der Waals surface area (Å²) in [5.41, 5.74) is 6.50. The van der Waals surface area contributed by atoms with Crippen molar-refractivity contribution in [1.82, 2.24) is 10.6 Å². The zero-order valence-corrected chi connectivity index (χ0v) is 14.7. The van der Waals surface area contributed by atoms with E-state index in [1.54, 1.807) is 36.4 Å². The molecule has 2 aromatic rings. The minimum absolute atomic E-state index is 0.0817. The van der Waals surface area contributed by atoms with Crippen LogP contribution in [0.1, 0.15) is 15.9 Å². The molecule has 6 nitrogen and oxygen atoms in total. The molecule has 0 aliphatic carbocycles. The summed E-state index contributed by atoms with van der Waals surface area (Å²) in [7, 11) is 0. The summed E-state index contributed by atoms with van der Waals surface area (Å²) in [6, 6.07) is 13.5. The van der Waals surface area contributed by atoms with Gasteiger partial charge in [0.2, 0.25) is 0 Å². The third-order valence-corrected chi connectivity index (χ3v) is 3.53. The molecule has 26 heavy (non-hydrogen) atoms. The second-order valence-electron chi connectivity index (χ2n) is 5.17. The van der Waals surface area contributed by atoms with Gasteiger partial charge in [-0.05, 0) is 29.8 Å². The number of urea groups is 1. The molecule has 7 heteroatoms. The van der Waals surface area contributed by atoms with Crippen LogP contribution in [0, 0.1) is 11.8 Å². The van der Waals surface area contributed by atoms with Crippen molar-refractivity contribution in [3.05, 3.63) is 64.7 Å². The van der Waals surface area contributed by atoms with Crippen LogP contribution in [0.4, 0.5) is 4.79 Å². The predicted molar refractivity (Wildman–Crippen MR) is 99.9 cm³/mol. The standard InChI is InChI=1S/C19H18ClN3O3/c20-15-9-7-14(8-10-15)13-23-19(25)22-11-3-4-12-26-17-6-2-1-5-16(17)18(21)24/h1-2,5-10H,11-13H2,(H2,21,24)(H2,22,23,25). The summed E-state index contributed by atoms with van der Waals surface area (Å²) in [4.78, 5) is 22.9. The second kappa shape index (κ2) is 9.97. The lowest BCUT2D eigenvalue weighted by Gasteiger charge is -2.06. The van der Waals surface area contributed by atoms with Gasteiger partial charge in [-0.1, -0.05) is 47.7 Å². The Kier molecular flexibility index (Phi) is 7.34. The van der Waals surface area contributed by atoms with E-state index in [4.69, 9.17) is 22.1 Å². The van der Waals surface area contributed by atoms with Crippen LogP contribution in [0.3, 0.4) is 0 Å². The molecule has 0 fully saturated rings. The summed E-state index contributed by atoms with van der Waals surface area (Å²) in [6.07, 6.45) is 0. The Hall–Kier alpha value is -3.17. The molecule has 0 aliphatic rings. The highest BCUT2D eigenvalue weighted by atomic mass is 35.5. The maximum absolute atomic E-state index is 11.7. The average molecular weight is 372 g/mol. The molecule has 0 heterocycles. The highest BCUT2D eigenvalue weighted by Gasteiger charge is 2.07. The van der Waals surface area contributed by atoms with E-state index >= 15 is 0 Å². The third kappa shape index (κ3) is 6.38. The SMILES string of the molecule is NC(=O)c1ccccc1OCC#CCNC(=O)NCc1ccc(Cl)cc1. The lowest BCUT2D eigenvalue weighted by molar-refractivity contribution is 0.0997. The third-order valence-electron chi connectivity index (χ3n) is 3.28. The molecule has 0 saturated heterocycles. The van der Waals surface area contributed by atoms with Crippen molar-refractivity contribution < 1.29 is 14.3 Å². The number of para-hydroxylation sites is 1. The molecule has 0 saturated carbocycles. The largest absolute Gasteiger partial charge is 0.480 e. The van der Waals surface area contributed by atoms with Crippen LogP contribution in [0.15, 0.2) is 48.5 Å². The molecule has 0 radical (unpaired) electrons. The van der Waals surface area contributed by atoms with Crippen LogP contribution < -0.4 is 21.1 Å². The zero-order valence-electron chi connectivity index (χ0n) is 13.9. The number of carbonyl (C=O) groups excluding carboxylic acids is 2. The number of amides is 3. The van der Waals surface area contributed by atoms with E-state index < -0.39 is 5.91 Å². The molecule has 0 unspecified atom stereocenters. The average Bonchev–Trinajstić information content (AvgIpc) is 2.64. The number of nitrogens with one attached hydrogen (secondary N) is 2. The first kappa shape index (κ1) is 19.2. The number of rotatable bonds is 6. The minimum Gasteiger partial charge on any atom is -0.480 e. The fraction of sp³-hybridized carbons (Fsp3) is 0.158. The first-order valence-electron chi connectivity index (χ1n) is 7.80. The van der Waals surface area contributed by atoms with Gasteiger partial charge in [-0.25, -0.2) is 4.79 Å². The molecular weight excluding hydrogens is 354 g/mol. The van der Waals surface area contributed by atoms with Crippen LogP contribution in [0.5, 0.6) is 5.75 Å². The Bertz CT molecular complexity index is 826. The fourth-order valence-corrected chi connectivity index (χ4v) is 2.12. The number of nitrogens with two attached hydrogens (primary N) is 1. The van der Waals surface area contributed by atoms with Crippen molar-refractivity contribution in [3.8, 4) is 17.6 Å². The van der Waals surface area contributed by atoms with Gasteiger partial charge in [0.15, 0.2) is 0 Å². The fourth-order valence-electron chi connectivity index (χ4n) is 2.00. The summed E-state index contributed by atoms with van der Waals surface area (Å²) in [5, 5.41) is 5.97. The summed E-state index contributed by atoms with van der Waals surface area (Å²) >= 11 is 5.80. The molecule has 4 N–H and O–H groups in total. The lowest BCUT2D eigenvalue weighted by Crippen LogP contribution is -2.35. The Labute approximate surface area is 156 Å². The molecular formula is C19H18ClN3O3. The van der Waals surface area contributed by atoms with Crippen LogP contribution in [0.2, 0.25) is 5.02 Å². The smallest absolute Gasteiger partial charge is 0.315 e. The van der Waals surface area contributed by atoms with Gasteiger partial charge in [0.05, 0.1) is 12.1 Å². The zero-order chi connectivity index (χ0) is 18.8. The van der Waals surface area contributed by atoms with Gasteiger partial charge in [-0.3, -0.25) is 4.79 Å². The van der Waals surface area contributed by atoms with E-state index in [-0.39, 0.29) is 19.2 Å². The molecule has 0 bridgehead atoms. The van der Waals surface area contributed by atoms with Gasteiger partial charge in [-0.2, -0.15) is 0 Å². The molecule has 0 aliphatic heterocycles. The number of ether oxygens (including phenoxy) is 1. The number of carbonyl (C=O) groups is 2. The van der Waals surface area contributed by atoms with E-state index in [1.165, 1.54) is 0 Å². The summed E-state index contributed by atoms with van der Waals surface area (Å²) < 4.78 is 5.41. The van der Waals surface area contributed by atoms with Crippen LogP contribution >= 0.6 is 11.6 Å². The molecule has 2 rings (SSSR count). The van der Waals surface area contributed by atoms with E-state index in [9.17, 15) is 9.59 Å². The maximum Gasteiger partial charge on any atom is 0.315 e. The van der Waals surface area contributed by atoms with Crippen LogP contribution in [0.25, 0.3) is 0 Å². The number of hydrogen-bond donors (Lipinski definition) is 3. The summed E-state index contributed by atoms with van der Waals surface area (Å²) in [5.74, 6) is 5.33. The monoisotopic (exact) mass is 371 g/mol. The number of primary amides is 1. The van der Waals surface area contributed by atoms with Gasteiger partial charge in [0, 0.05) is 11.6 Å². The van der Waals surface area contributed by atoms with Crippen molar-refractivity contribution in [2.75, 3.05) is 13.2 Å². The van der Waals surface area contributed by atoms with Gasteiger partial charge < -0.3 is 21.1 Å². The number of benzene rings is 2. The molecule has 134 valence electrons. The van der Waals surface area contributed by atoms with Crippen LogP contribution in [-0.4, -0.2) is 25.1 Å². The van der Waals surface area contributed by atoms with Gasteiger partial charge in [-0.15, -0.1) is 0 Å². The van der Waals surface area contributed by atoms with Gasteiger partial charge >= 0.3 is 6.03 Å². The molecule has 0 aromatic heterocycles. The van der Waals surface area contributed by atoms with E-state index in [0.717, 1.165) is 5.56 Å². The van der Waals surface area contributed by atoms with E-state index in [2.05, 4.69) is 22.5 Å². The minimum atomic E-state index is -0.562. The molecule has 2 aromatic carbocycles. The maximum atomic E-state index is 11.7. The number of hydrogen-bond acceptors (Lipinski definition) is 3. The Morgan fingerprint density at radius 2 is 1.77 bits per heavy atom.